The summed E-state index contributed by atoms with van der Waals surface area (Å²) in [7, 11) is 0. The fourth-order valence-electron chi connectivity index (χ4n) is 4.35. The number of nitrogens with zero attached hydrogens (tertiary/aromatic N) is 2. The van der Waals surface area contributed by atoms with Crippen LogP contribution in [0, 0.1) is 5.92 Å². The quantitative estimate of drug-likeness (QED) is 0.792. The lowest BCUT2D eigenvalue weighted by Gasteiger charge is -2.32. The van der Waals surface area contributed by atoms with Crippen molar-refractivity contribution in [1.82, 2.24) is 5.32 Å². The van der Waals surface area contributed by atoms with Crippen LogP contribution in [0.25, 0.3) is 0 Å². The number of benzene rings is 2. The number of carbonyl (C=O) groups excluding carboxylic acids is 1. The van der Waals surface area contributed by atoms with Crippen molar-refractivity contribution in [3.63, 3.8) is 0 Å². The van der Waals surface area contributed by atoms with Crippen LogP contribution in [-0.2, 0) is 6.54 Å². The maximum absolute atomic E-state index is 12.5. The van der Waals surface area contributed by atoms with Crippen molar-refractivity contribution in [2.45, 2.75) is 45.6 Å². The molecule has 4 rings (SSSR count). The second-order valence-electron chi connectivity index (χ2n) is 8.61. The van der Waals surface area contributed by atoms with Gasteiger partial charge in [-0.2, -0.15) is 0 Å². The molecular formula is C25H33N3O. The van der Waals surface area contributed by atoms with E-state index in [1.54, 1.807) is 0 Å². The molecule has 4 nitrogen and oxygen atoms in total. The Labute approximate surface area is 174 Å². The monoisotopic (exact) mass is 391 g/mol. The molecule has 2 fully saturated rings. The molecule has 2 aliphatic heterocycles. The van der Waals surface area contributed by atoms with Crippen molar-refractivity contribution in [2.24, 2.45) is 5.92 Å². The summed E-state index contributed by atoms with van der Waals surface area (Å²) in [5, 5.41) is 3.05. The molecule has 1 N–H and O–H groups in total. The first-order valence-corrected chi connectivity index (χ1v) is 11.2. The molecule has 0 aliphatic carbocycles. The lowest BCUT2D eigenvalue weighted by atomic mass is 9.98. The van der Waals surface area contributed by atoms with E-state index < -0.39 is 0 Å². The van der Waals surface area contributed by atoms with E-state index in [-0.39, 0.29) is 5.91 Å². The Balaban J connectivity index is 1.29. The summed E-state index contributed by atoms with van der Waals surface area (Å²) in [4.78, 5) is 17.4. The van der Waals surface area contributed by atoms with Crippen molar-refractivity contribution in [3.05, 3.63) is 59.7 Å². The van der Waals surface area contributed by atoms with Crippen LogP contribution >= 0.6 is 0 Å². The van der Waals surface area contributed by atoms with Crippen molar-refractivity contribution in [2.75, 3.05) is 36.0 Å². The van der Waals surface area contributed by atoms with E-state index in [2.05, 4.69) is 58.4 Å². The molecule has 0 saturated carbocycles. The van der Waals surface area contributed by atoms with Gasteiger partial charge in [-0.25, -0.2) is 0 Å². The van der Waals surface area contributed by atoms with Crippen LogP contribution in [0.4, 0.5) is 11.4 Å². The number of carbonyl (C=O) groups is 1. The summed E-state index contributed by atoms with van der Waals surface area (Å²) in [6, 6.07) is 16.7. The SMILES string of the molecule is CC1CCN(c2ccc(C(=O)NCc3ccc(N4CCCCC4)cc3)cc2)CC1. The van der Waals surface area contributed by atoms with Gasteiger partial charge in [0.1, 0.15) is 0 Å². The third-order valence-electron chi connectivity index (χ3n) is 6.39. The fraction of sp³-hybridized carbons (Fsp3) is 0.480. The topological polar surface area (TPSA) is 35.6 Å². The zero-order valence-electron chi connectivity index (χ0n) is 17.6. The summed E-state index contributed by atoms with van der Waals surface area (Å²) >= 11 is 0. The minimum atomic E-state index is -0.0103. The maximum atomic E-state index is 12.5. The molecule has 2 heterocycles. The lowest BCUT2D eigenvalue weighted by Crippen LogP contribution is -2.32. The normalized spacial score (nSPS) is 18.0. The van der Waals surface area contributed by atoms with Crippen molar-refractivity contribution in [3.8, 4) is 0 Å². The zero-order chi connectivity index (χ0) is 20.1. The van der Waals surface area contributed by atoms with Crippen LogP contribution in [0.2, 0.25) is 0 Å². The average Bonchev–Trinajstić information content (AvgIpc) is 2.79. The number of amides is 1. The standard InChI is InChI=1S/C25H33N3O/c1-20-13-17-28(18-14-20)24-11-7-22(8-12-24)25(29)26-19-21-5-9-23(10-6-21)27-15-3-2-4-16-27/h5-12,20H,2-4,13-19H2,1H3,(H,26,29). The molecule has 154 valence electrons. The highest BCUT2D eigenvalue weighted by Crippen LogP contribution is 2.23. The molecule has 0 spiro atoms. The first kappa shape index (κ1) is 19.8. The highest BCUT2D eigenvalue weighted by Gasteiger charge is 2.16. The summed E-state index contributed by atoms with van der Waals surface area (Å²) in [5.41, 5.74) is 4.38. The van der Waals surface area contributed by atoms with Gasteiger partial charge < -0.3 is 15.1 Å². The molecule has 1 amide bonds. The minimum Gasteiger partial charge on any atom is -0.372 e. The molecule has 0 bridgehead atoms. The second kappa shape index (κ2) is 9.34. The number of rotatable bonds is 5. The van der Waals surface area contributed by atoms with E-state index in [0.29, 0.717) is 6.54 Å². The third-order valence-corrected chi connectivity index (χ3v) is 6.39. The van der Waals surface area contributed by atoms with Crippen LogP contribution < -0.4 is 15.1 Å². The molecule has 2 aromatic rings. The van der Waals surface area contributed by atoms with Gasteiger partial charge in [0.15, 0.2) is 0 Å². The Morgan fingerprint density at radius 1 is 0.828 bits per heavy atom. The van der Waals surface area contributed by atoms with E-state index in [1.165, 1.54) is 43.5 Å². The van der Waals surface area contributed by atoms with Gasteiger partial charge in [0.2, 0.25) is 0 Å². The van der Waals surface area contributed by atoms with Crippen LogP contribution in [0.15, 0.2) is 48.5 Å². The summed E-state index contributed by atoms with van der Waals surface area (Å²) in [6.07, 6.45) is 6.41. The summed E-state index contributed by atoms with van der Waals surface area (Å²) in [6.45, 7) is 7.42. The van der Waals surface area contributed by atoms with Gasteiger partial charge in [-0.1, -0.05) is 19.1 Å². The van der Waals surface area contributed by atoms with Gasteiger partial charge in [0.25, 0.3) is 5.91 Å². The Kier molecular flexibility index (Phi) is 6.38. The van der Waals surface area contributed by atoms with Crippen LogP contribution in [0.5, 0.6) is 0 Å². The van der Waals surface area contributed by atoms with Gasteiger partial charge in [-0.3, -0.25) is 4.79 Å². The number of hydrogen-bond donors (Lipinski definition) is 1. The molecular weight excluding hydrogens is 358 g/mol. The Morgan fingerprint density at radius 3 is 2.00 bits per heavy atom. The van der Waals surface area contributed by atoms with Gasteiger partial charge in [-0.05, 0) is 80.0 Å². The van der Waals surface area contributed by atoms with E-state index in [1.807, 2.05) is 12.1 Å². The van der Waals surface area contributed by atoms with Gasteiger partial charge in [0, 0.05) is 49.7 Å². The van der Waals surface area contributed by atoms with Gasteiger partial charge in [0.05, 0.1) is 0 Å². The Bertz CT molecular complexity index is 786. The summed E-state index contributed by atoms with van der Waals surface area (Å²) in [5.74, 6) is 0.814. The number of hydrogen-bond acceptors (Lipinski definition) is 3. The molecule has 2 aliphatic rings. The maximum Gasteiger partial charge on any atom is 0.251 e. The highest BCUT2D eigenvalue weighted by molar-refractivity contribution is 5.94. The van der Waals surface area contributed by atoms with Crippen molar-refractivity contribution < 1.29 is 4.79 Å². The lowest BCUT2D eigenvalue weighted by molar-refractivity contribution is 0.0951. The smallest absolute Gasteiger partial charge is 0.251 e. The fourth-order valence-corrected chi connectivity index (χ4v) is 4.35. The predicted molar refractivity (Wildman–Crippen MR) is 121 cm³/mol. The Morgan fingerprint density at radius 2 is 1.38 bits per heavy atom. The van der Waals surface area contributed by atoms with Crippen molar-refractivity contribution >= 4 is 17.3 Å². The van der Waals surface area contributed by atoms with Crippen LogP contribution in [0.1, 0.15) is 54.9 Å². The average molecular weight is 392 g/mol. The largest absolute Gasteiger partial charge is 0.372 e. The van der Waals surface area contributed by atoms with E-state index in [0.717, 1.165) is 43.2 Å². The van der Waals surface area contributed by atoms with Gasteiger partial charge in [-0.15, -0.1) is 0 Å². The van der Waals surface area contributed by atoms with Gasteiger partial charge >= 0.3 is 0 Å². The molecule has 2 saturated heterocycles. The Hall–Kier alpha value is -2.49. The van der Waals surface area contributed by atoms with Crippen molar-refractivity contribution in [1.29, 1.82) is 0 Å². The van der Waals surface area contributed by atoms with E-state index >= 15 is 0 Å². The first-order chi connectivity index (χ1) is 14.2. The number of piperidine rings is 2. The predicted octanol–water partition coefficient (Wildman–Crippen LogP) is 4.84. The second-order valence-corrected chi connectivity index (χ2v) is 8.61. The molecule has 0 unspecified atom stereocenters. The summed E-state index contributed by atoms with van der Waals surface area (Å²) < 4.78 is 0. The molecule has 0 radical (unpaired) electrons. The first-order valence-electron chi connectivity index (χ1n) is 11.2. The van der Waals surface area contributed by atoms with Crippen LogP contribution in [-0.4, -0.2) is 32.1 Å². The minimum absolute atomic E-state index is 0.0103. The number of anilines is 2. The number of nitrogens with one attached hydrogen (secondary N) is 1. The molecule has 4 heteroatoms. The van der Waals surface area contributed by atoms with Crippen LogP contribution in [0.3, 0.4) is 0 Å². The molecule has 2 aromatic carbocycles. The zero-order valence-corrected chi connectivity index (χ0v) is 17.6. The van der Waals surface area contributed by atoms with E-state index in [9.17, 15) is 4.79 Å². The highest BCUT2D eigenvalue weighted by atomic mass is 16.1. The molecule has 0 aromatic heterocycles. The van der Waals surface area contributed by atoms with E-state index in [4.69, 9.17) is 0 Å². The molecule has 0 atom stereocenters. The molecule has 29 heavy (non-hydrogen) atoms. The third kappa shape index (κ3) is 5.11.